The molecule has 0 aromatic heterocycles. The maximum Gasteiger partial charge on any atom is 0.310 e. The zero-order valence-electron chi connectivity index (χ0n) is 7.13. The maximum atomic E-state index is 10.7. The Kier molecular flexibility index (Phi) is 3.23. The minimum absolute atomic E-state index is 0.0230. The molecule has 0 aromatic rings. The van der Waals surface area contributed by atoms with Gasteiger partial charge in [0.25, 0.3) is 0 Å². The fourth-order valence-corrected chi connectivity index (χ4v) is 0.743. The van der Waals surface area contributed by atoms with E-state index in [0.717, 1.165) is 0 Å². The quantitative estimate of drug-likeness (QED) is 0.628. The average molecular weight is 158 g/mol. The van der Waals surface area contributed by atoms with E-state index < -0.39 is 11.4 Å². The summed E-state index contributed by atoms with van der Waals surface area (Å²) in [5.41, 5.74) is -0.901. The molecule has 0 saturated carbocycles. The van der Waals surface area contributed by atoms with Crippen molar-refractivity contribution in [3.05, 3.63) is 0 Å². The zero-order chi connectivity index (χ0) is 9.07. The van der Waals surface area contributed by atoms with Crippen LogP contribution in [-0.2, 0) is 9.59 Å². The predicted octanol–water partition coefficient (Wildman–Crippen LogP) is 1.32. The van der Waals surface area contributed by atoms with E-state index in [9.17, 15) is 9.59 Å². The molecule has 0 heterocycles. The lowest BCUT2D eigenvalue weighted by Crippen LogP contribution is -2.33. The van der Waals surface area contributed by atoms with Crippen molar-refractivity contribution in [2.45, 2.75) is 27.2 Å². The van der Waals surface area contributed by atoms with Crippen molar-refractivity contribution in [2.24, 2.45) is 11.3 Å². The molecule has 3 nitrogen and oxygen atoms in total. The monoisotopic (exact) mass is 158 g/mol. The van der Waals surface area contributed by atoms with Crippen LogP contribution in [0.1, 0.15) is 27.2 Å². The molecule has 0 spiro atoms. The Morgan fingerprint density at radius 1 is 1.64 bits per heavy atom. The number of hydrogen-bond donors (Lipinski definition) is 1. The van der Waals surface area contributed by atoms with Gasteiger partial charge in [0.05, 0.1) is 5.41 Å². The molecular formula is C8H14O3. The van der Waals surface area contributed by atoms with Crippen molar-refractivity contribution >= 4 is 12.3 Å². The Morgan fingerprint density at radius 2 is 2.09 bits per heavy atom. The summed E-state index contributed by atoms with van der Waals surface area (Å²) in [6, 6.07) is 0. The van der Waals surface area contributed by atoms with Gasteiger partial charge in [-0.2, -0.15) is 0 Å². The topological polar surface area (TPSA) is 54.4 Å². The Morgan fingerprint density at radius 3 is 2.18 bits per heavy atom. The van der Waals surface area contributed by atoms with Gasteiger partial charge in [0.15, 0.2) is 0 Å². The third kappa shape index (κ3) is 2.03. The van der Waals surface area contributed by atoms with Crippen LogP contribution in [0.5, 0.6) is 0 Å². The van der Waals surface area contributed by atoms with Crippen LogP contribution in [0.15, 0.2) is 0 Å². The van der Waals surface area contributed by atoms with E-state index in [4.69, 9.17) is 5.11 Å². The number of carbonyl (C=O) groups excluding carboxylic acids is 1. The van der Waals surface area contributed by atoms with E-state index in [1.807, 2.05) is 0 Å². The van der Waals surface area contributed by atoms with Crippen molar-refractivity contribution in [1.29, 1.82) is 0 Å². The van der Waals surface area contributed by atoms with E-state index in [2.05, 4.69) is 0 Å². The molecule has 0 radical (unpaired) electrons. The van der Waals surface area contributed by atoms with Gasteiger partial charge in [-0.05, 0) is 12.8 Å². The van der Waals surface area contributed by atoms with Crippen LogP contribution < -0.4 is 0 Å². The Hall–Kier alpha value is -0.860. The molecule has 0 rings (SSSR count). The summed E-state index contributed by atoms with van der Waals surface area (Å²) in [5, 5.41) is 8.78. The number of hydrogen-bond acceptors (Lipinski definition) is 2. The van der Waals surface area contributed by atoms with Crippen molar-refractivity contribution in [3.63, 3.8) is 0 Å². The summed E-state index contributed by atoms with van der Waals surface area (Å²) >= 11 is 0. The summed E-state index contributed by atoms with van der Waals surface area (Å²) < 4.78 is 0. The number of carbonyl (C=O) groups is 2. The van der Waals surface area contributed by atoms with E-state index in [1.54, 1.807) is 20.8 Å². The normalized spacial score (nSPS) is 16.0. The summed E-state index contributed by atoms with van der Waals surface area (Å²) in [4.78, 5) is 20.9. The van der Waals surface area contributed by atoms with Crippen molar-refractivity contribution in [2.75, 3.05) is 0 Å². The second kappa shape index (κ2) is 3.51. The largest absolute Gasteiger partial charge is 0.481 e. The molecule has 0 aromatic carbocycles. The molecule has 0 saturated heterocycles. The Bertz CT molecular complexity index is 163. The average Bonchev–Trinajstić information content (AvgIpc) is 1.87. The number of rotatable bonds is 4. The van der Waals surface area contributed by atoms with Crippen LogP contribution in [0.25, 0.3) is 0 Å². The highest BCUT2D eigenvalue weighted by Crippen LogP contribution is 2.29. The van der Waals surface area contributed by atoms with Gasteiger partial charge in [0.1, 0.15) is 6.29 Å². The van der Waals surface area contributed by atoms with Crippen molar-refractivity contribution < 1.29 is 14.7 Å². The highest BCUT2D eigenvalue weighted by molar-refractivity contribution is 5.77. The predicted molar refractivity (Wildman–Crippen MR) is 41.3 cm³/mol. The molecule has 0 aliphatic heterocycles. The van der Waals surface area contributed by atoms with Gasteiger partial charge in [0, 0.05) is 6.42 Å². The van der Waals surface area contributed by atoms with Crippen molar-refractivity contribution in [3.8, 4) is 0 Å². The molecule has 1 atom stereocenters. The lowest BCUT2D eigenvalue weighted by molar-refractivity contribution is -0.152. The van der Waals surface area contributed by atoms with Crippen LogP contribution in [0.4, 0.5) is 0 Å². The van der Waals surface area contributed by atoms with E-state index in [1.165, 1.54) is 0 Å². The van der Waals surface area contributed by atoms with Gasteiger partial charge in [-0.25, -0.2) is 0 Å². The SMILES string of the molecule is CC(C)[C@](C)(CC=O)C(=O)O. The lowest BCUT2D eigenvalue weighted by atomic mass is 9.77. The van der Waals surface area contributed by atoms with Gasteiger partial charge in [-0.3, -0.25) is 4.79 Å². The van der Waals surface area contributed by atoms with Crippen LogP contribution in [-0.4, -0.2) is 17.4 Å². The first-order chi connectivity index (χ1) is 4.95. The molecule has 0 fully saturated rings. The highest BCUT2D eigenvalue weighted by Gasteiger charge is 2.35. The standard InChI is InChI=1S/C8H14O3/c1-6(2)8(3,4-5-9)7(10)11/h5-6H,4H2,1-3H3,(H,10,11)/t8-/m0/s1. The fraction of sp³-hybridized carbons (Fsp3) is 0.750. The number of carboxylic acid groups (broad SMARTS) is 1. The first-order valence-corrected chi connectivity index (χ1v) is 3.62. The third-order valence-corrected chi connectivity index (χ3v) is 2.27. The molecule has 0 unspecified atom stereocenters. The Balaban J connectivity index is 4.51. The maximum absolute atomic E-state index is 10.7. The van der Waals surface area contributed by atoms with Crippen LogP contribution in [0.2, 0.25) is 0 Å². The lowest BCUT2D eigenvalue weighted by Gasteiger charge is -2.26. The van der Waals surface area contributed by atoms with Gasteiger partial charge < -0.3 is 9.90 Å². The van der Waals surface area contributed by atoms with Crippen molar-refractivity contribution in [1.82, 2.24) is 0 Å². The number of carboxylic acids is 1. The second-order valence-electron chi connectivity index (χ2n) is 3.25. The molecule has 1 N–H and O–H groups in total. The van der Waals surface area contributed by atoms with Crippen LogP contribution >= 0.6 is 0 Å². The molecule has 3 heteroatoms. The van der Waals surface area contributed by atoms with E-state index in [0.29, 0.717) is 6.29 Å². The number of aliphatic carboxylic acids is 1. The molecule has 0 aliphatic carbocycles. The second-order valence-corrected chi connectivity index (χ2v) is 3.25. The minimum Gasteiger partial charge on any atom is -0.481 e. The molecule has 11 heavy (non-hydrogen) atoms. The third-order valence-electron chi connectivity index (χ3n) is 2.27. The summed E-state index contributed by atoms with van der Waals surface area (Å²) in [6.07, 6.45) is 0.744. The van der Waals surface area contributed by atoms with Gasteiger partial charge in [-0.1, -0.05) is 13.8 Å². The van der Waals surface area contributed by atoms with E-state index >= 15 is 0 Å². The van der Waals surface area contributed by atoms with E-state index in [-0.39, 0.29) is 12.3 Å². The molecule has 64 valence electrons. The van der Waals surface area contributed by atoms with Gasteiger partial charge in [0.2, 0.25) is 0 Å². The summed E-state index contributed by atoms with van der Waals surface area (Å²) in [6.45, 7) is 5.20. The zero-order valence-corrected chi connectivity index (χ0v) is 7.13. The smallest absolute Gasteiger partial charge is 0.310 e. The van der Waals surface area contributed by atoms with Crippen LogP contribution in [0.3, 0.4) is 0 Å². The Labute approximate surface area is 66.4 Å². The fourth-order valence-electron chi connectivity index (χ4n) is 0.743. The summed E-state index contributed by atoms with van der Waals surface area (Å²) in [7, 11) is 0. The first-order valence-electron chi connectivity index (χ1n) is 3.62. The minimum atomic E-state index is -0.903. The van der Waals surface area contributed by atoms with Gasteiger partial charge >= 0.3 is 5.97 Å². The first kappa shape index (κ1) is 10.1. The van der Waals surface area contributed by atoms with Crippen LogP contribution in [0, 0.1) is 11.3 Å². The molecule has 0 amide bonds. The van der Waals surface area contributed by atoms with Gasteiger partial charge in [-0.15, -0.1) is 0 Å². The molecule has 0 bridgehead atoms. The molecule has 0 aliphatic rings. The highest BCUT2D eigenvalue weighted by atomic mass is 16.4. The molecular weight excluding hydrogens is 144 g/mol. The summed E-state index contributed by atoms with van der Waals surface area (Å²) in [5.74, 6) is -0.926. The number of aldehydes is 1.